The molecule has 0 aliphatic carbocycles. The molecule has 0 N–H and O–H groups in total. The summed E-state index contributed by atoms with van der Waals surface area (Å²) >= 11 is 0. The van der Waals surface area contributed by atoms with E-state index in [1.165, 1.54) is 0 Å². The molecule has 3 nitrogen and oxygen atoms in total. The molecule has 21 heavy (non-hydrogen) atoms. The third-order valence-corrected chi connectivity index (χ3v) is 5.07. The average Bonchev–Trinajstić information content (AvgIpc) is 2.42. The molecule has 4 heteroatoms. The second-order valence-corrected chi connectivity index (χ2v) is 6.80. The molecule has 0 radical (unpaired) electrons. The fourth-order valence-electron chi connectivity index (χ4n) is 2.76. The number of benzene rings is 2. The fourth-order valence-corrected chi connectivity index (χ4v) is 4.21. The summed E-state index contributed by atoms with van der Waals surface area (Å²) in [6.07, 6.45) is 0. The number of fused-ring (bicyclic) bond motifs is 1. The SMILES string of the molecule is CC1=C(c2ccccc2)OS(=O)(=O)c2c(C)cc(C)cc21. The summed E-state index contributed by atoms with van der Waals surface area (Å²) in [6, 6.07) is 13.1. The largest absolute Gasteiger partial charge is 0.378 e. The highest BCUT2D eigenvalue weighted by Gasteiger charge is 2.32. The number of allylic oxidation sites excluding steroid dienone is 1. The molecule has 0 bridgehead atoms. The first kappa shape index (κ1) is 13.9. The highest BCUT2D eigenvalue weighted by Crippen LogP contribution is 2.40. The van der Waals surface area contributed by atoms with Gasteiger partial charge in [-0.3, -0.25) is 0 Å². The van der Waals surface area contributed by atoms with Gasteiger partial charge in [0.15, 0.2) is 5.76 Å². The zero-order chi connectivity index (χ0) is 15.2. The lowest BCUT2D eigenvalue weighted by Gasteiger charge is -2.23. The second kappa shape index (κ2) is 4.74. The van der Waals surface area contributed by atoms with Crippen molar-refractivity contribution in [3.05, 3.63) is 64.7 Å². The van der Waals surface area contributed by atoms with Gasteiger partial charge in [0, 0.05) is 16.7 Å². The Morgan fingerprint density at radius 3 is 2.29 bits per heavy atom. The van der Waals surface area contributed by atoms with Crippen molar-refractivity contribution in [2.75, 3.05) is 0 Å². The van der Waals surface area contributed by atoms with Gasteiger partial charge in [-0.1, -0.05) is 48.0 Å². The molecule has 1 aliphatic rings. The van der Waals surface area contributed by atoms with Crippen LogP contribution < -0.4 is 0 Å². The lowest BCUT2D eigenvalue weighted by Crippen LogP contribution is -2.16. The molecule has 0 aromatic heterocycles. The maximum atomic E-state index is 12.5. The van der Waals surface area contributed by atoms with Crippen LogP contribution in [0.3, 0.4) is 0 Å². The van der Waals surface area contributed by atoms with Gasteiger partial charge in [0.2, 0.25) is 0 Å². The zero-order valence-corrected chi connectivity index (χ0v) is 13.0. The Morgan fingerprint density at radius 1 is 0.952 bits per heavy atom. The smallest absolute Gasteiger partial charge is 0.340 e. The third kappa shape index (κ3) is 2.25. The minimum Gasteiger partial charge on any atom is -0.378 e. The van der Waals surface area contributed by atoms with Gasteiger partial charge in [0.25, 0.3) is 0 Å². The summed E-state index contributed by atoms with van der Waals surface area (Å²) in [7, 11) is -3.78. The minimum atomic E-state index is -3.78. The van der Waals surface area contributed by atoms with Gasteiger partial charge in [-0.2, -0.15) is 8.42 Å². The molecule has 3 rings (SSSR count). The quantitative estimate of drug-likeness (QED) is 0.750. The Hall–Kier alpha value is -2.07. The van der Waals surface area contributed by atoms with Crippen LogP contribution in [0.4, 0.5) is 0 Å². The van der Waals surface area contributed by atoms with E-state index in [4.69, 9.17) is 4.18 Å². The van der Waals surface area contributed by atoms with Gasteiger partial charge in [-0.15, -0.1) is 0 Å². The Balaban J connectivity index is 2.35. The van der Waals surface area contributed by atoms with E-state index >= 15 is 0 Å². The number of hydrogen-bond donors (Lipinski definition) is 0. The van der Waals surface area contributed by atoms with E-state index in [-0.39, 0.29) is 4.90 Å². The van der Waals surface area contributed by atoms with Gasteiger partial charge >= 0.3 is 10.1 Å². The molecule has 0 saturated carbocycles. The predicted molar refractivity (Wildman–Crippen MR) is 83.1 cm³/mol. The molecule has 0 unspecified atom stereocenters. The zero-order valence-electron chi connectivity index (χ0n) is 12.2. The third-order valence-electron chi connectivity index (χ3n) is 3.64. The lowest BCUT2D eigenvalue weighted by atomic mass is 9.98. The van der Waals surface area contributed by atoms with Crippen LogP contribution in [-0.2, 0) is 14.3 Å². The standard InChI is InChI=1S/C17H16O3S/c1-11-9-12(2)17-15(10-11)13(3)16(20-21(17,18)19)14-7-5-4-6-8-14/h4-10H,1-3H3. The van der Waals surface area contributed by atoms with E-state index in [2.05, 4.69) is 0 Å². The Kier molecular flexibility index (Phi) is 3.14. The molecular weight excluding hydrogens is 284 g/mol. The Morgan fingerprint density at radius 2 is 1.62 bits per heavy atom. The summed E-state index contributed by atoms with van der Waals surface area (Å²) in [4.78, 5) is 0.283. The van der Waals surface area contributed by atoms with Crippen LogP contribution in [0, 0.1) is 13.8 Å². The molecule has 2 aromatic rings. The predicted octanol–water partition coefficient (Wildman–Crippen LogP) is 3.91. The van der Waals surface area contributed by atoms with Crippen LogP contribution in [0.15, 0.2) is 47.4 Å². The van der Waals surface area contributed by atoms with E-state index < -0.39 is 10.1 Å². The summed E-state index contributed by atoms with van der Waals surface area (Å²) in [6.45, 7) is 5.66. The van der Waals surface area contributed by atoms with Crippen molar-refractivity contribution in [1.29, 1.82) is 0 Å². The monoisotopic (exact) mass is 300 g/mol. The number of hydrogen-bond acceptors (Lipinski definition) is 3. The molecule has 2 aromatic carbocycles. The molecule has 0 amide bonds. The van der Waals surface area contributed by atoms with Crippen LogP contribution in [0.2, 0.25) is 0 Å². The highest BCUT2D eigenvalue weighted by atomic mass is 32.2. The number of aryl methyl sites for hydroxylation is 2. The molecule has 0 spiro atoms. The van der Waals surface area contributed by atoms with Crippen molar-refractivity contribution in [2.24, 2.45) is 0 Å². The van der Waals surface area contributed by atoms with Gasteiger partial charge in [-0.25, -0.2) is 0 Å². The van der Waals surface area contributed by atoms with Gasteiger partial charge in [0.05, 0.1) is 0 Å². The molecule has 1 heterocycles. The summed E-state index contributed by atoms with van der Waals surface area (Å²) < 4.78 is 30.3. The first-order valence-electron chi connectivity index (χ1n) is 6.72. The topological polar surface area (TPSA) is 43.4 Å². The van der Waals surface area contributed by atoms with E-state index in [0.29, 0.717) is 5.76 Å². The maximum Gasteiger partial charge on any atom is 0.340 e. The second-order valence-electron chi connectivity index (χ2n) is 5.32. The van der Waals surface area contributed by atoms with Crippen molar-refractivity contribution in [2.45, 2.75) is 25.7 Å². The molecule has 0 atom stereocenters. The van der Waals surface area contributed by atoms with Gasteiger partial charge in [-0.05, 0) is 26.3 Å². The van der Waals surface area contributed by atoms with Crippen molar-refractivity contribution in [3.63, 3.8) is 0 Å². The molecule has 0 fully saturated rings. The Labute approximate surface area is 125 Å². The van der Waals surface area contributed by atoms with Crippen LogP contribution in [0.25, 0.3) is 11.3 Å². The van der Waals surface area contributed by atoms with E-state index in [1.54, 1.807) is 6.92 Å². The summed E-state index contributed by atoms with van der Waals surface area (Å²) in [5, 5.41) is 0. The van der Waals surface area contributed by atoms with E-state index in [0.717, 1.165) is 27.8 Å². The molecular formula is C17H16O3S. The van der Waals surface area contributed by atoms with Gasteiger partial charge < -0.3 is 4.18 Å². The van der Waals surface area contributed by atoms with Crippen molar-refractivity contribution < 1.29 is 12.6 Å². The first-order valence-corrected chi connectivity index (χ1v) is 8.13. The molecule has 1 aliphatic heterocycles. The fraction of sp³-hybridized carbons (Fsp3) is 0.176. The normalized spacial score (nSPS) is 16.3. The average molecular weight is 300 g/mol. The minimum absolute atomic E-state index is 0.283. The van der Waals surface area contributed by atoms with Crippen molar-refractivity contribution in [1.82, 2.24) is 0 Å². The van der Waals surface area contributed by atoms with Gasteiger partial charge in [0.1, 0.15) is 4.90 Å². The van der Waals surface area contributed by atoms with E-state index in [9.17, 15) is 8.42 Å². The van der Waals surface area contributed by atoms with Crippen molar-refractivity contribution in [3.8, 4) is 0 Å². The first-order chi connectivity index (χ1) is 9.90. The Bertz CT molecular complexity index is 847. The van der Waals surface area contributed by atoms with Crippen LogP contribution in [0.1, 0.15) is 29.2 Å². The molecule has 0 saturated heterocycles. The number of rotatable bonds is 1. The van der Waals surface area contributed by atoms with Crippen LogP contribution >= 0.6 is 0 Å². The van der Waals surface area contributed by atoms with Crippen LogP contribution in [0.5, 0.6) is 0 Å². The molecule has 108 valence electrons. The maximum absolute atomic E-state index is 12.5. The highest BCUT2D eigenvalue weighted by molar-refractivity contribution is 7.87. The summed E-state index contributed by atoms with van der Waals surface area (Å²) in [5.41, 5.74) is 4.10. The van der Waals surface area contributed by atoms with E-state index in [1.807, 2.05) is 56.3 Å². The van der Waals surface area contributed by atoms with Crippen LogP contribution in [-0.4, -0.2) is 8.42 Å². The lowest BCUT2D eigenvalue weighted by molar-refractivity contribution is 0.459. The van der Waals surface area contributed by atoms with Crippen molar-refractivity contribution >= 4 is 21.5 Å². The summed E-state index contributed by atoms with van der Waals surface area (Å²) in [5.74, 6) is 0.410.